The maximum absolute atomic E-state index is 12.0. The van der Waals surface area contributed by atoms with Gasteiger partial charge in [-0.05, 0) is 44.7 Å². The number of esters is 1. The van der Waals surface area contributed by atoms with E-state index in [0.29, 0.717) is 19.6 Å². The molecule has 8 nitrogen and oxygen atoms in total. The van der Waals surface area contributed by atoms with Gasteiger partial charge in [-0.3, -0.25) is 4.79 Å². The van der Waals surface area contributed by atoms with Crippen molar-refractivity contribution in [3.05, 3.63) is 60.4 Å². The molecule has 9 heteroatoms. The lowest BCUT2D eigenvalue weighted by Crippen LogP contribution is -2.32. The number of nitrogens with zero attached hydrogens (tertiary/aromatic N) is 1. The zero-order valence-corrected chi connectivity index (χ0v) is 29.2. The minimum Gasteiger partial charge on any atom is -0.744 e. The molecule has 0 N–H and O–H groups in total. The van der Waals surface area contributed by atoms with Gasteiger partial charge in [0.15, 0.2) is 18.7 Å². The lowest BCUT2D eigenvalue weighted by molar-refractivity contribution is -0.697. The van der Waals surface area contributed by atoms with Crippen molar-refractivity contribution in [2.75, 3.05) is 13.2 Å². The Labute approximate surface area is 279 Å². The molecule has 1 aliphatic heterocycles. The van der Waals surface area contributed by atoms with Crippen molar-refractivity contribution < 1.29 is 36.5 Å². The maximum Gasteiger partial charge on any atom is 0.305 e. The first-order chi connectivity index (χ1) is 22.3. The van der Waals surface area contributed by atoms with Crippen molar-refractivity contribution in [2.45, 2.75) is 153 Å². The predicted octanol–water partition coefficient (Wildman–Crippen LogP) is 8.20. The summed E-state index contributed by atoms with van der Waals surface area (Å²) in [5, 5.41) is 0. The number of unbranched alkanes of at least 4 members (excludes halogenated alkanes) is 14. The van der Waals surface area contributed by atoms with Gasteiger partial charge < -0.3 is 18.8 Å². The quantitative estimate of drug-likeness (QED) is 0.0512. The second-order valence-electron chi connectivity index (χ2n) is 12.4. The number of rotatable bonds is 23. The number of aromatic nitrogens is 1. The van der Waals surface area contributed by atoms with E-state index in [0.717, 1.165) is 44.2 Å². The van der Waals surface area contributed by atoms with E-state index in [2.05, 4.69) is 23.9 Å². The highest BCUT2D eigenvalue weighted by molar-refractivity contribution is 7.85. The van der Waals surface area contributed by atoms with Crippen LogP contribution in [0.15, 0.2) is 59.8 Å². The first kappa shape index (κ1) is 39.8. The molecule has 0 radical (unpaired) electrons. The minimum atomic E-state index is -4.27. The number of hydrogen-bond acceptors (Lipinski definition) is 7. The smallest absolute Gasteiger partial charge is 0.305 e. The first-order valence-corrected chi connectivity index (χ1v) is 19.1. The van der Waals surface area contributed by atoms with Crippen LogP contribution in [0.1, 0.15) is 128 Å². The number of hydrogen-bond donors (Lipinski definition) is 0. The van der Waals surface area contributed by atoms with Crippen LogP contribution in [0.3, 0.4) is 0 Å². The Kier molecular flexibility index (Phi) is 21.5. The second-order valence-corrected chi connectivity index (χ2v) is 13.8. The molecule has 2 unspecified atom stereocenters. The Morgan fingerprint density at radius 2 is 1.39 bits per heavy atom. The largest absolute Gasteiger partial charge is 0.744 e. The Hall–Kier alpha value is -2.33. The highest BCUT2D eigenvalue weighted by atomic mass is 32.2. The van der Waals surface area contributed by atoms with Crippen LogP contribution in [0.5, 0.6) is 0 Å². The third-order valence-electron chi connectivity index (χ3n) is 8.17. The third kappa shape index (κ3) is 20.0. The molecule has 46 heavy (non-hydrogen) atoms. The Morgan fingerprint density at radius 3 is 1.98 bits per heavy atom. The average Bonchev–Trinajstić information content (AvgIpc) is 3.50. The fraction of sp³-hybridized carbons (Fsp3) is 0.676. The summed E-state index contributed by atoms with van der Waals surface area (Å²) in [4.78, 5) is 11.8. The summed E-state index contributed by atoms with van der Waals surface area (Å²) in [7, 11) is -4.27. The number of carbonyl (C=O) groups is 1. The summed E-state index contributed by atoms with van der Waals surface area (Å²) < 4.78 is 50.4. The van der Waals surface area contributed by atoms with Gasteiger partial charge in [-0.15, -0.1) is 0 Å². The monoisotopic (exact) mass is 661 g/mol. The van der Waals surface area contributed by atoms with Crippen molar-refractivity contribution in [3.63, 3.8) is 0 Å². The van der Waals surface area contributed by atoms with Gasteiger partial charge in [-0.1, -0.05) is 108 Å². The van der Waals surface area contributed by atoms with Gasteiger partial charge in [0.2, 0.25) is 0 Å². The normalized spacial score (nSPS) is 16.2. The molecule has 1 aromatic carbocycles. The molecule has 1 saturated heterocycles. The van der Waals surface area contributed by atoms with E-state index in [1.807, 2.05) is 25.1 Å². The van der Waals surface area contributed by atoms with Crippen molar-refractivity contribution in [1.82, 2.24) is 0 Å². The van der Waals surface area contributed by atoms with Crippen molar-refractivity contribution in [1.29, 1.82) is 0 Å². The molecule has 3 rings (SSSR count). The van der Waals surface area contributed by atoms with Gasteiger partial charge in [0, 0.05) is 25.0 Å². The summed E-state index contributed by atoms with van der Waals surface area (Å²) in [5.74, 6) is -0.124. The van der Waals surface area contributed by atoms with Crippen LogP contribution in [-0.4, -0.2) is 44.5 Å². The fourth-order valence-electron chi connectivity index (χ4n) is 5.36. The Morgan fingerprint density at radius 1 is 0.826 bits per heavy atom. The van der Waals surface area contributed by atoms with Crippen LogP contribution in [0.25, 0.3) is 0 Å². The molecule has 0 saturated carbocycles. The number of benzene rings is 1. The average molecular weight is 662 g/mol. The van der Waals surface area contributed by atoms with Gasteiger partial charge in [0.05, 0.1) is 11.5 Å². The first-order valence-electron chi connectivity index (χ1n) is 17.7. The topological polar surface area (TPSA) is 106 Å². The third-order valence-corrected chi connectivity index (χ3v) is 9.02. The van der Waals surface area contributed by atoms with Crippen LogP contribution in [0.2, 0.25) is 0 Å². The van der Waals surface area contributed by atoms with Crippen molar-refractivity contribution >= 4 is 16.1 Å². The predicted molar refractivity (Wildman–Crippen MR) is 180 cm³/mol. The van der Waals surface area contributed by atoms with E-state index in [9.17, 15) is 17.8 Å². The Balaban J connectivity index is 0.000000562. The van der Waals surface area contributed by atoms with Crippen LogP contribution >= 0.6 is 0 Å². The minimum absolute atomic E-state index is 0.111. The van der Waals surface area contributed by atoms with Crippen LogP contribution in [-0.2, 0) is 35.7 Å². The lowest BCUT2D eigenvalue weighted by Gasteiger charge is -2.12. The van der Waals surface area contributed by atoms with E-state index in [-0.39, 0.29) is 23.3 Å². The molecule has 1 aromatic heterocycles. The molecule has 0 amide bonds. The van der Waals surface area contributed by atoms with Gasteiger partial charge >= 0.3 is 5.97 Å². The molecule has 1 fully saturated rings. The Bertz CT molecular complexity index is 1140. The lowest BCUT2D eigenvalue weighted by atomic mass is 10.0. The summed E-state index contributed by atoms with van der Waals surface area (Å²) in [6, 6.07) is 11.9. The standard InChI is InChI=1S/C30H52NO4.C7H8O3S/c1-2-3-4-5-6-7-8-9-10-11-12-13-17-22-30-34-27-28(35-30)26-33-29(32)21-16-14-18-23-31-24-19-15-20-25-31;1-6-2-4-7(5-3-6)11(8,9)10/h15,19-20,24-25,28,30H,2-14,16-18,21-23,26-27H2,1H3;2-5H,1H3,(H,8,9,10)/q+1;/p-1. The summed E-state index contributed by atoms with van der Waals surface area (Å²) in [5.41, 5.74) is 0.928. The van der Waals surface area contributed by atoms with Gasteiger partial charge in [0.25, 0.3) is 0 Å². The zero-order valence-electron chi connectivity index (χ0n) is 28.4. The van der Waals surface area contributed by atoms with Crippen LogP contribution < -0.4 is 4.57 Å². The molecule has 0 bridgehead atoms. The van der Waals surface area contributed by atoms with E-state index < -0.39 is 10.1 Å². The molecule has 260 valence electrons. The van der Waals surface area contributed by atoms with Crippen LogP contribution in [0.4, 0.5) is 0 Å². The SMILES string of the molecule is CCCCCCCCCCCCCCCC1OCC(COC(=O)CCCCC[n+]2ccccc2)O1.Cc1ccc(S(=O)(=O)[O-])cc1. The van der Waals surface area contributed by atoms with Gasteiger partial charge in [0.1, 0.15) is 29.4 Å². The van der Waals surface area contributed by atoms with Gasteiger partial charge in [-0.25, -0.2) is 13.0 Å². The number of aryl methyl sites for hydroxylation is 2. The molecular formula is C37H59NO7S. The zero-order chi connectivity index (χ0) is 33.3. The van der Waals surface area contributed by atoms with Gasteiger partial charge in [-0.2, -0.15) is 0 Å². The van der Waals surface area contributed by atoms with Crippen molar-refractivity contribution in [2.24, 2.45) is 0 Å². The maximum atomic E-state index is 12.0. The number of carbonyl (C=O) groups excluding carboxylic acids is 1. The highest BCUT2D eigenvalue weighted by Crippen LogP contribution is 2.19. The highest BCUT2D eigenvalue weighted by Gasteiger charge is 2.26. The summed E-state index contributed by atoms with van der Waals surface area (Å²) in [6.45, 7) is 5.93. The fourth-order valence-corrected chi connectivity index (χ4v) is 5.83. The number of pyridine rings is 1. The summed E-state index contributed by atoms with van der Waals surface area (Å²) >= 11 is 0. The molecule has 2 heterocycles. The molecule has 2 aromatic rings. The molecule has 2 atom stereocenters. The summed E-state index contributed by atoms with van der Waals surface area (Å²) in [6.07, 6.45) is 26.0. The van der Waals surface area contributed by atoms with E-state index >= 15 is 0 Å². The van der Waals surface area contributed by atoms with Crippen LogP contribution in [0, 0.1) is 6.92 Å². The van der Waals surface area contributed by atoms with E-state index in [4.69, 9.17) is 14.2 Å². The second kappa shape index (κ2) is 24.8. The van der Waals surface area contributed by atoms with E-state index in [1.165, 1.54) is 89.2 Å². The number of ether oxygens (including phenoxy) is 3. The molecule has 1 aliphatic rings. The molecule has 0 spiro atoms. The molecular weight excluding hydrogens is 602 g/mol. The molecule has 0 aliphatic carbocycles. The van der Waals surface area contributed by atoms with Crippen molar-refractivity contribution in [3.8, 4) is 0 Å². The van der Waals surface area contributed by atoms with E-state index in [1.54, 1.807) is 12.1 Å².